The summed E-state index contributed by atoms with van der Waals surface area (Å²) >= 11 is 0. The quantitative estimate of drug-likeness (QED) is 0.456. The molecule has 0 unspecified atom stereocenters. The van der Waals surface area contributed by atoms with Gasteiger partial charge in [-0.25, -0.2) is 9.67 Å². The third-order valence-corrected chi connectivity index (χ3v) is 3.21. The zero-order valence-electron chi connectivity index (χ0n) is 12.3. The maximum Gasteiger partial charge on any atom is 0.333 e. The number of nitro groups is 1. The maximum absolute atomic E-state index is 11.3. The lowest BCUT2D eigenvalue weighted by atomic mass is 10.2. The summed E-state index contributed by atoms with van der Waals surface area (Å²) in [6.45, 7) is 3.45. The van der Waals surface area contributed by atoms with Crippen molar-refractivity contribution in [1.29, 1.82) is 0 Å². The van der Waals surface area contributed by atoms with E-state index >= 15 is 0 Å². The van der Waals surface area contributed by atoms with Gasteiger partial charge in [0.05, 0.1) is 11.3 Å². The fourth-order valence-corrected chi connectivity index (χ4v) is 2.25. The highest BCUT2D eigenvalue weighted by atomic mass is 16.6. The topological polar surface area (TPSA) is 90.8 Å². The van der Waals surface area contributed by atoms with Crippen LogP contribution in [0, 0.1) is 10.1 Å². The highest BCUT2D eigenvalue weighted by Crippen LogP contribution is 2.28. The van der Waals surface area contributed by atoms with Crippen molar-refractivity contribution in [1.82, 2.24) is 19.3 Å². The molecule has 8 nitrogen and oxygen atoms in total. The van der Waals surface area contributed by atoms with E-state index in [1.165, 1.54) is 0 Å². The molecule has 2 heterocycles. The molecule has 2 aromatic rings. The molecule has 0 aliphatic carbocycles. The van der Waals surface area contributed by atoms with Gasteiger partial charge in [0.2, 0.25) is 5.82 Å². The summed E-state index contributed by atoms with van der Waals surface area (Å²) in [5.41, 5.74) is 0.643. The Morgan fingerprint density at radius 2 is 2.29 bits per heavy atom. The minimum atomic E-state index is -0.351. The van der Waals surface area contributed by atoms with Crippen LogP contribution in [0.1, 0.15) is 25.5 Å². The SMILES string of the molecule is CCCc1nn(C)c(NCCCn2ccnc2)c1[N+](=O)[O-]. The smallest absolute Gasteiger partial charge is 0.333 e. The zero-order valence-corrected chi connectivity index (χ0v) is 12.3. The Labute approximate surface area is 122 Å². The first-order valence-electron chi connectivity index (χ1n) is 7.03. The molecule has 0 saturated heterocycles. The molecular weight excluding hydrogens is 272 g/mol. The van der Waals surface area contributed by atoms with Crippen LogP contribution in [0.3, 0.4) is 0 Å². The van der Waals surface area contributed by atoms with Gasteiger partial charge in [0, 0.05) is 32.5 Å². The van der Waals surface area contributed by atoms with Crippen LogP contribution < -0.4 is 5.32 Å². The summed E-state index contributed by atoms with van der Waals surface area (Å²) in [7, 11) is 1.73. The third kappa shape index (κ3) is 3.59. The van der Waals surface area contributed by atoms with Crippen LogP contribution in [0.5, 0.6) is 0 Å². The summed E-state index contributed by atoms with van der Waals surface area (Å²) in [4.78, 5) is 14.9. The molecule has 0 atom stereocenters. The van der Waals surface area contributed by atoms with Gasteiger partial charge < -0.3 is 9.88 Å². The van der Waals surface area contributed by atoms with Crippen molar-refractivity contribution in [3.8, 4) is 0 Å². The van der Waals surface area contributed by atoms with Crippen LogP contribution in [0.15, 0.2) is 18.7 Å². The van der Waals surface area contributed by atoms with E-state index in [0.29, 0.717) is 24.5 Å². The first-order chi connectivity index (χ1) is 10.1. The van der Waals surface area contributed by atoms with Gasteiger partial charge >= 0.3 is 5.69 Å². The largest absolute Gasteiger partial charge is 0.364 e. The van der Waals surface area contributed by atoms with Gasteiger partial charge in [-0.15, -0.1) is 0 Å². The molecule has 0 saturated carbocycles. The van der Waals surface area contributed by atoms with Gasteiger partial charge in [-0.05, 0) is 12.8 Å². The van der Waals surface area contributed by atoms with Crippen molar-refractivity contribution in [2.75, 3.05) is 11.9 Å². The second-order valence-electron chi connectivity index (χ2n) is 4.86. The average molecular weight is 292 g/mol. The monoisotopic (exact) mass is 292 g/mol. The number of rotatable bonds is 8. The molecule has 0 radical (unpaired) electrons. The molecule has 0 aromatic carbocycles. The molecule has 0 amide bonds. The second kappa shape index (κ2) is 6.87. The van der Waals surface area contributed by atoms with Gasteiger partial charge in [-0.1, -0.05) is 13.3 Å². The van der Waals surface area contributed by atoms with E-state index in [4.69, 9.17) is 0 Å². The fourth-order valence-electron chi connectivity index (χ4n) is 2.25. The van der Waals surface area contributed by atoms with Crippen LogP contribution in [0.4, 0.5) is 11.5 Å². The Hall–Kier alpha value is -2.38. The van der Waals surface area contributed by atoms with Crippen molar-refractivity contribution < 1.29 is 4.92 Å². The standard InChI is InChI=1S/C13H20N6O2/c1-3-5-11-12(19(20)21)13(17(2)16-11)15-6-4-8-18-9-7-14-10-18/h7,9-10,15H,3-6,8H2,1-2H3. The first kappa shape index (κ1) is 15.0. The Morgan fingerprint density at radius 3 is 2.90 bits per heavy atom. The highest BCUT2D eigenvalue weighted by Gasteiger charge is 2.25. The number of hydrogen-bond acceptors (Lipinski definition) is 5. The minimum Gasteiger partial charge on any atom is -0.364 e. The highest BCUT2D eigenvalue weighted by molar-refractivity contribution is 5.59. The number of nitrogens with one attached hydrogen (secondary N) is 1. The molecule has 1 N–H and O–H groups in total. The zero-order chi connectivity index (χ0) is 15.2. The van der Waals surface area contributed by atoms with E-state index in [9.17, 15) is 10.1 Å². The normalized spacial score (nSPS) is 10.8. The summed E-state index contributed by atoms with van der Waals surface area (Å²) < 4.78 is 3.53. The summed E-state index contributed by atoms with van der Waals surface area (Å²) in [5, 5.41) is 18.6. The van der Waals surface area contributed by atoms with Crippen molar-refractivity contribution in [3.63, 3.8) is 0 Å². The second-order valence-corrected chi connectivity index (χ2v) is 4.86. The van der Waals surface area contributed by atoms with Gasteiger partial charge in [0.15, 0.2) is 0 Å². The minimum absolute atomic E-state index is 0.0991. The van der Waals surface area contributed by atoms with Gasteiger partial charge in [-0.3, -0.25) is 10.1 Å². The predicted molar refractivity (Wildman–Crippen MR) is 79.2 cm³/mol. The van der Waals surface area contributed by atoms with E-state index in [0.717, 1.165) is 19.4 Å². The van der Waals surface area contributed by atoms with Gasteiger partial charge in [-0.2, -0.15) is 5.10 Å². The number of aromatic nitrogens is 4. The summed E-state index contributed by atoms with van der Waals surface area (Å²) in [6, 6.07) is 0. The van der Waals surface area contributed by atoms with Crippen molar-refractivity contribution >= 4 is 11.5 Å². The van der Waals surface area contributed by atoms with Crippen LogP contribution in [0.25, 0.3) is 0 Å². The number of aryl methyl sites for hydroxylation is 3. The molecule has 0 fully saturated rings. The molecular formula is C13H20N6O2. The molecule has 0 spiro atoms. The van der Waals surface area contributed by atoms with Crippen LogP contribution in [0.2, 0.25) is 0 Å². The van der Waals surface area contributed by atoms with Crippen molar-refractivity contribution in [2.45, 2.75) is 32.7 Å². The lowest BCUT2D eigenvalue weighted by Crippen LogP contribution is -2.10. The average Bonchev–Trinajstić information content (AvgIpc) is 3.03. The van der Waals surface area contributed by atoms with E-state index < -0.39 is 0 Å². The molecule has 0 aliphatic heterocycles. The molecule has 114 valence electrons. The summed E-state index contributed by atoms with van der Waals surface area (Å²) in [6.07, 6.45) is 7.68. The number of imidazole rings is 1. The lowest BCUT2D eigenvalue weighted by molar-refractivity contribution is -0.384. The van der Waals surface area contributed by atoms with Crippen LogP contribution >= 0.6 is 0 Å². The summed E-state index contributed by atoms with van der Waals surface area (Å²) in [5.74, 6) is 0.481. The molecule has 2 aromatic heterocycles. The Balaban J connectivity index is 1.99. The van der Waals surface area contributed by atoms with Crippen LogP contribution in [-0.2, 0) is 20.0 Å². The number of hydrogen-bond donors (Lipinski definition) is 1. The van der Waals surface area contributed by atoms with E-state index in [-0.39, 0.29) is 10.6 Å². The van der Waals surface area contributed by atoms with Crippen molar-refractivity contribution in [2.24, 2.45) is 7.05 Å². The predicted octanol–water partition coefficient (Wildman–Crippen LogP) is 1.98. The number of anilines is 1. The first-order valence-corrected chi connectivity index (χ1v) is 7.03. The van der Waals surface area contributed by atoms with Gasteiger partial charge in [0.1, 0.15) is 5.69 Å². The fraction of sp³-hybridized carbons (Fsp3) is 0.538. The molecule has 8 heteroatoms. The van der Waals surface area contributed by atoms with E-state index in [1.54, 1.807) is 24.3 Å². The lowest BCUT2D eigenvalue weighted by Gasteiger charge is -2.06. The van der Waals surface area contributed by atoms with Crippen LogP contribution in [-0.4, -0.2) is 30.8 Å². The Morgan fingerprint density at radius 1 is 1.48 bits per heavy atom. The molecule has 0 bridgehead atoms. The Bertz CT molecular complexity index is 590. The molecule has 2 rings (SSSR count). The Kier molecular flexibility index (Phi) is 4.91. The molecule has 0 aliphatic rings. The number of nitrogens with zero attached hydrogens (tertiary/aromatic N) is 5. The van der Waals surface area contributed by atoms with Gasteiger partial charge in [0.25, 0.3) is 0 Å². The molecule has 21 heavy (non-hydrogen) atoms. The van der Waals surface area contributed by atoms with E-state index in [1.807, 2.05) is 17.7 Å². The maximum atomic E-state index is 11.3. The van der Waals surface area contributed by atoms with E-state index in [2.05, 4.69) is 15.4 Å². The van der Waals surface area contributed by atoms with Crippen molar-refractivity contribution in [3.05, 3.63) is 34.5 Å². The third-order valence-electron chi connectivity index (χ3n) is 3.21.